The Morgan fingerprint density at radius 3 is 1.70 bits per heavy atom. The highest BCUT2D eigenvalue weighted by Gasteiger charge is 2.36. The van der Waals surface area contributed by atoms with E-state index >= 15 is 0 Å². The number of carbonyl (C=O) groups excluding carboxylic acids is 1. The predicted octanol–water partition coefficient (Wildman–Crippen LogP) is 5.94. The Kier molecular flexibility index (Phi) is 6.12. The van der Waals surface area contributed by atoms with Crippen LogP contribution in [-0.4, -0.2) is 10.9 Å². The van der Waals surface area contributed by atoms with Crippen LogP contribution in [-0.2, 0) is 4.75 Å². The first kappa shape index (κ1) is 20.1. The van der Waals surface area contributed by atoms with Crippen LogP contribution in [0.2, 0.25) is 0 Å². The molecule has 30 heavy (non-hydrogen) atoms. The van der Waals surface area contributed by atoms with Crippen molar-refractivity contribution in [2.24, 2.45) is 5.73 Å². The summed E-state index contributed by atoms with van der Waals surface area (Å²) in [4.78, 5) is 15.6. The van der Waals surface area contributed by atoms with Crippen molar-refractivity contribution < 1.29 is 4.79 Å². The van der Waals surface area contributed by atoms with Gasteiger partial charge in [-0.25, -0.2) is 4.98 Å². The van der Waals surface area contributed by atoms with E-state index in [1.54, 1.807) is 17.1 Å². The van der Waals surface area contributed by atoms with Gasteiger partial charge in [0, 0.05) is 5.38 Å². The summed E-state index contributed by atoms with van der Waals surface area (Å²) in [5.74, 6) is -0.509. The van der Waals surface area contributed by atoms with Gasteiger partial charge in [0.15, 0.2) is 0 Å². The Labute approximate surface area is 184 Å². The highest BCUT2D eigenvalue weighted by atomic mass is 32.2. The molecular formula is C25H20N2OS2. The molecule has 4 rings (SSSR count). The van der Waals surface area contributed by atoms with Crippen molar-refractivity contribution in [3.63, 3.8) is 0 Å². The van der Waals surface area contributed by atoms with Crippen molar-refractivity contribution in [1.82, 2.24) is 4.98 Å². The molecule has 1 heterocycles. The molecule has 3 aromatic carbocycles. The first-order valence-electron chi connectivity index (χ1n) is 9.46. The van der Waals surface area contributed by atoms with E-state index in [2.05, 4.69) is 83.2 Å². The number of amides is 1. The number of nitrogens with zero attached hydrogens (tertiary/aromatic N) is 1. The number of rotatable bonds is 7. The first-order valence-corrected chi connectivity index (χ1v) is 11.2. The molecule has 0 aliphatic carbocycles. The van der Waals surface area contributed by atoms with Crippen molar-refractivity contribution in [2.75, 3.05) is 0 Å². The van der Waals surface area contributed by atoms with Gasteiger partial charge < -0.3 is 5.73 Å². The average Bonchev–Trinajstić information content (AvgIpc) is 3.28. The van der Waals surface area contributed by atoms with Crippen LogP contribution in [0.3, 0.4) is 0 Å². The minimum Gasteiger partial charge on any atom is -0.364 e. The Bertz CT molecular complexity index is 1040. The lowest BCUT2D eigenvalue weighted by Gasteiger charge is -2.34. The van der Waals surface area contributed by atoms with Crippen LogP contribution >= 0.6 is 23.1 Å². The van der Waals surface area contributed by atoms with Gasteiger partial charge in [-0.15, -0.1) is 23.1 Å². The second kappa shape index (κ2) is 9.11. The summed E-state index contributed by atoms with van der Waals surface area (Å²) in [6.07, 6.45) is 1.94. The SMILES string of the molecule is NC(=O)c1csc(/C=C\SC(c2ccccc2)(c2ccccc2)c2ccccc2)n1. The molecule has 0 fully saturated rings. The molecule has 0 spiro atoms. The quantitative estimate of drug-likeness (QED) is 0.371. The lowest BCUT2D eigenvalue weighted by atomic mass is 9.84. The maximum absolute atomic E-state index is 11.3. The summed E-state index contributed by atoms with van der Waals surface area (Å²) in [7, 11) is 0. The maximum atomic E-state index is 11.3. The van der Waals surface area contributed by atoms with Crippen molar-refractivity contribution in [3.05, 3.63) is 129 Å². The van der Waals surface area contributed by atoms with Gasteiger partial charge in [-0.1, -0.05) is 91.0 Å². The number of hydrogen-bond donors (Lipinski definition) is 1. The molecule has 2 N–H and O–H groups in total. The van der Waals surface area contributed by atoms with E-state index in [9.17, 15) is 4.79 Å². The van der Waals surface area contributed by atoms with Crippen LogP contribution in [0.5, 0.6) is 0 Å². The third-order valence-electron chi connectivity index (χ3n) is 4.77. The van der Waals surface area contributed by atoms with Gasteiger partial charge in [-0.3, -0.25) is 4.79 Å². The third kappa shape index (κ3) is 4.08. The van der Waals surface area contributed by atoms with E-state index in [0.29, 0.717) is 5.69 Å². The molecule has 0 aliphatic heterocycles. The molecule has 0 saturated heterocycles. The Balaban J connectivity index is 1.82. The number of thiazole rings is 1. The summed E-state index contributed by atoms with van der Waals surface area (Å²) in [6, 6.07) is 31.5. The van der Waals surface area contributed by atoms with Gasteiger partial charge in [0.25, 0.3) is 5.91 Å². The lowest BCUT2D eigenvalue weighted by molar-refractivity contribution is 0.0996. The highest BCUT2D eigenvalue weighted by molar-refractivity contribution is 8.03. The zero-order valence-corrected chi connectivity index (χ0v) is 17.8. The number of aromatic nitrogens is 1. The molecule has 0 saturated carbocycles. The van der Waals surface area contributed by atoms with Crippen LogP contribution in [0, 0.1) is 0 Å². The monoisotopic (exact) mass is 428 g/mol. The third-order valence-corrected chi connectivity index (χ3v) is 6.91. The zero-order valence-electron chi connectivity index (χ0n) is 16.1. The predicted molar refractivity (Wildman–Crippen MR) is 126 cm³/mol. The van der Waals surface area contributed by atoms with Gasteiger partial charge in [-0.05, 0) is 28.2 Å². The smallest absolute Gasteiger partial charge is 0.268 e. The topological polar surface area (TPSA) is 56.0 Å². The molecular weight excluding hydrogens is 408 g/mol. The summed E-state index contributed by atoms with van der Waals surface area (Å²) in [6.45, 7) is 0. The summed E-state index contributed by atoms with van der Waals surface area (Å²) >= 11 is 3.11. The standard InChI is InChI=1S/C25H20N2OS2/c26-24(28)22-18-29-23(27-22)16-17-30-25(19-10-4-1-5-11-19,20-12-6-2-7-13-20)21-14-8-3-9-15-21/h1-18H,(H2,26,28)/b17-16-. The molecule has 148 valence electrons. The van der Waals surface area contributed by atoms with E-state index in [1.165, 1.54) is 28.0 Å². The van der Waals surface area contributed by atoms with Crippen LogP contribution < -0.4 is 5.73 Å². The van der Waals surface area contributed by atoms with Crippen molar-refractivity contribution in [3.8, 4) is 0 Å². The number of primary amides is 1. The van der Waals surface area contributed by atoms with Crippen molar-refractivity contribution in [1.29, 1.82) is 0 Å². The van der Waals surface area contributed by atoms with Crippen LogP contribution in [0.4, 0.5) is 0 Å². The van der Waals surface area contributed by atoms with E-state index < -0.39 is 10.7 Å². The molecule has 5 heteroatoms. The largest absolute Gasteiger partial charge is 0.364 e. The van der Waals surface area contributed by atoms with E-state index in [0.717, 1.165) is 5.01 Å². The van der Waals surface area contributed by atoms with E-state index in [4.69, 9.17) is 5.73 Å². The van der Waals surface area contributed by atoms with Crippen LogP contribution in [0.1, 0.15) is 32.2 Å². The number of hydrogen-bond acceptors (Lipinski definition) is 4. The van der Waals surface area contributed by atoms with Gasteiger partial charge >= 0.3 is 0 Å². The molecule has 0 atom stereocenters. The van der Waals surface area contributed by atoms with Crippen LogP contribution in [0.25, 0.3) is 6.08 Å². The molecule has 1 amide bonds. The zero-order chi connectivity index (χ0) is 20.8. The Hall–Kier alpha value is -3.15. The Morgan fingerprint density at radius 2 is 1.30 bits per heavy atom. The minimum absolute atomic E-state index is 0.296. The lowest BCUT2D eigenvalue weighted by Crippen LogP contribution is -2.24. The van der Waals surface area contributed by atoms with Crippen molar-refractivity contribution >= 4 is 35.1 Å². The number of nitrogens with two attached hydrogens (primary N) is 1. The van der Waals surface area contributed by atoms with Gasteiger partial charge in [0.05, 0.1) is 4.75 Å². The molecule has 3 nitrogen and oxygen atoms in total. The molecule has 0 bridgehead atoms. The second-order valence-corrected chi connectivity index (χ2v) is 8.65. The fourth-order valence-corrected chi connectivity index (χ4v) is 5.40. The number of thioether (sulfide) groups is 1. The second-order valence-electron chi connectivity index (χ2n) is 6.64. The fraction of sp³-hybridized carbons (Fsp3) is 0.0400. The van der Waals surface area contributed by atoms with E-state index in [1.807, 2.05) is 24.3 Å². The van der Waals surface area contributed by atoms with Gasteiger partial charge in [0.1, 0.15) is 10.7 Å². The number of benzene rings is 3. The molecule has 1 aromatic heterocycles. The molecule has 0 unspecified atom stereocenters. The van der Waals surface area contributed by atoms with Crippen LogP contribution in [0.15, 0.2) is 102 Å². The summed E-state index contributed by atoms with van der Waals surface area (Å²) in [5, 5.41) is 4.49. The molecule has 0 aliphatic rings. The molecule has 4 aromatic rings. The maximum Gasteiger partial charge on any atom is 0.268 e. The van der Waals surface area contributed by atoms with E-state index in [-0.39, 0.29) is 0 Å². The minimum atomic E-state index is -0.509. The fourth-order valence-electron chi connectivity index (χ4n) is 3.39. The number of carbonyl (C=O) groups is 1. The summed E-state index contributed by atoms with van der Waals surface area (Å²) < 4.78 is -0.427. The highest BCUT2D eigenvalue weighted by Crippen LogP contribution is 2.49. The van der Waals surface area contributed by atoms with Gasteiger partial charge in [-0.2, -0.15) is 0 Å². The normalized spacial score (nSPS) is 11.6. The van der Waals surface area contributed by atoms with Crippen molar-refractivity contribution in [2.45, 2.75) is 4.75 Å². The summed E-state index contributed by atoms with van der Waals surface area (Å²) in [5.41, 5.74) is 9.19. The molecule has 0 radical (unpaired) electrons. The first-order chi connectivity index (χ1) is 14.7. The Morgan fingerprint density at radius 1 is 0.833 bits per heavy atom. The van der Waals surface area contributed by atoms with Gasteiger partial charge in [0.2, 0.25) is 0 Å². The average molecular weight is 429 g/mol.